The molecule has 1 N–H and O–H groups in total. The molecule has 0 aliphatic heterocycles. The Labute approximate surface area is 109 Å². The fourth-order valence-corrected chi connectivity index (χ4v) is 1.69. The lowest BCUT2D eigenvalue weighted by molar-refractivity contribution is -0.116. The molecule has 1 aromatic heterocycles. The summed E-state index contributed by atoms with van der Waals surface area (Å²) in [4.78, 5) is 11.9. The van der Waals surface area contributed by atoms with Gasteiger partial charge < -0.3 is 5.32 Å². The highest BCUT2D eigenvalue weighted by molar-refractivity contribution is 6.32. The van der Waals surface area contributed by atoms with Gasteiger partial charge in [0.25, 0.3) is 0 Å². The second kappa shape index (κ2) is 5.64. The summed E-state index contributed by atoms with van der Waals surface area (Å²) in [6.45, 7) is 1.89. The van der Waals surface area contributed by atoms with E-state index < -0.39 is 5.38 Å². The molecular weight excluding hydrogens is 254 g/mol. The number of carbonyl (C=O) groups is 1. The summed E-state index contributed by atoms with van der Waals surface area (Å²) in [7, 11) is 0. The molecule has 1 aromatic carbocycles. The van der Waals surface area contributed by atoms with Crippen LogP contribution in [0.25, 0.3) is 0 Å². The minimum absolute atomic E-state index is 0.323. The van der Waals surface area contributed by atoms with Crippen LogP contribution in [0.4, 0.5) is 5.82 Å². The van der Waals surface area contributed by atoms with E-state index in [0.717, 1.165) is 5.56 Å². The summed E-state index contributed by atoms with van der Waals surface area (Å²) >= 11 is 6.08. The summed E-state index contributed by atoms with van der Waals surface area (Å²) in [5.74, 6) is -0.0302. The average molecular weight is 266 g/mol. The van der Waals surface area contributed by atoms with Gasteiger partial charge in [0.2, 0.25) is 11.7 Å². The van der Waals surface area contributed by atoms with Crippen molar-refractivity contribution in [2.24, 2.45) is 0 Å². The predicted octanol–water partition coefficient (Wildman–Crippen LogP) is 2.55. The van der Waals surface area contributed by atoms with Crippen LogP contribution in [0.5, 0.6) is 0 Å². The Morgan fingerprint density at radius 2 is 2.11 bits per heavy atom. The quantitative estimate of drug-likeness (QED) is 0.863. The second-order valence-corrected chi connectivity index (χ2v) is 4.11. The highest BCUT2D eigenvalue weighted by atomic mass is 35.5. The first-order valence-corrected chi connectivity index (χ1v) is 5.97. The average Bonchev–Trinajstić information content (AvgIpc) is 2.86. The van der Waals surface area contributed by atoms with Crippen LogP contribution in [-0.4, -0.2) is 16.2 Å². The molecule has 5 nitrogen and oxygen atoms in total. The van der Waals surface area contributed by atoms with Gasteiger partial charge in [-0.05, 0) is 17.1 Å². The molecule has 0 radical (unpaired) electrons. The molecule has 94 valence electrons. The van der Waals surface area contributed by atoms with E-state index >= 15 is 0 Å². The number of carbonyl (C=O) groups excluding carboxylic acids is 1. The van der Waals surface area contributed by atoms with Crippen LogP contribution in [0, 0.1) is 0 Å². The lowest BCUT2D eigenvalue weighted by atomic mass is 10.1. The first-order chi connectivity index (χ1) is 8.72. The first kappa shape index (κ1) is 12.6. The molecule has 0 aliphatic carbocycles. The number of hydrogen-bond acceptors (Lipinski definition) is 4. The van der Waals surface area contributed by atoms with E-state index in [-0.39, 0.29) is 5.91 Å². The van der Waals surface area contributed by atoms with Crippen molar-refractivity contribution in [2.75, 3.05) is 5.32 Å². The lowest BCUT2D eigenvalue weighted by Gasteiger charge is -2.08. The lowest BCUT2D eigenvalue weighted by Crippen LogP contribution is -2.18. The van der Waals surface area contributed by atoms with Gasteiger partial charge in [-0.15, -0.1) is 11.6 Å². The van der Waals surface area contributed by atoms with Gasteiger partial charge in [0.15, 0.2) is 0 Å². The Morgan fingerprint density at radius 1 is 1.39 bits per heavy atom. The number of rotatable bonds is 4. The van der Waals surface area contributed by atoms with E-state index in [1.165, 1.54) is 0 Å². The van der Waals surface area contributed by atoms with Gasteiger partial charge in [0.05, 0.1) is 0 Å². The van der Waals surface area contributed by atoms with Gasteiger partial charge in [-0.1, -0.05) is 42.4 Å². The van der Waals surface area contributed by atoms with E-state index in [0.29, 0.717) is 17.9 Å². The van der Waals surface area contributed by atoms with E-state index in [9.17, 15) is 4.79 Å². The Bertz CT molecular complexity index is 527. The number of nitrogens with zero attached hydrogens (tertiary/aromatic N) is 2. The topological polar surface area (TPSA) is 68.0 Å². The number of benzene rings is 1. The van der Waals surface area contributed by atoms with Crippen molar-refractivity contribution in [3.05, 3.63) is 41.6 Å². The maximum atomic E-state index is 11.9. The zero-order valence-corrected chi connectivity index (χ0v) is 10.5. The number of halogens is 1. The zero-order valence-electron chi connectivity index (χ0n) is 9.76. The molecule has 1 atom stereocenters. The molecule has 2 rings (SSSR count). The number of aromatic nitrogens is 2. The third-order valence-electron chi connectivity index (χ3n) is 2.46. The predicted molar refractivity (Wildman–Crippen MR) is 67.3 cm³/mol. The van der Waals surface area contributed by atoms with E-state index in [1.54, 1.807) is 12.1 Å². The van der Waals surface area contributed by atoms with Gasteiger partial charge in [-0.3, -0.25) is 4.79 Å². The molecule has 1 unspecified atom stereocenters. The fraction of sp³-hybridized carbons (Fsp3) is 0.250. The van der Waals surface area contributed by atoms with Crippen LogP contribution in [0.1, 0.15) is 23.6 Å². The molecular formula is C12H12ClN3O2. The van der Waals surface area contributed by atoms with Gasteiger partial charge in [-0.2, -0.15) is 0 Å². The molecule has 6 heteroatoms. The van der Waals surface area contributed by atoms with Crippen LogP contribution in [0.2, 0.25) is 0 Å². The van der Waals surface area contributed by atoms with Gasteiger partial charge in [0, 0.05) is 0 Å². The van der Waals surface area contributed by atoms with Crippen molar-refractivity contribution >= 4 is 23.3 Å². The molecule has 18 heavy (non-hydrogen) atoms. The van der Waals surface area contributed by atoms with Crippen LogP contribution < -0.4 is 5.32 Å². The summed E-state index contributed by atoms with van der Waals surface area (Å²) in [6, 6.07) is 9.10. The molecule has 0 bridgehead atoms. The molecule has 2 aromatic rings. The van der Waals surface area contributed by atoms with Crippen LogP contribution in [0.15, 0.2) is 35.0 Å². The standard InChI is InChI=1S/C12H12ClN3O2/c1-2-9-11(16-18-15-9)14-12(17)10(13)8-6-4-3-5-7-8/h3-7,10H,2H2,1H3,(H,14,16,17). The van der Waals surface area contributed by atoms with E-state index in [1.807, 2.05) is 25.1 Å². The van der Waals surface area contributed by atoms with Gasteiger partial charge in [-0.25, -0.2) is 4.63 Å². The molecule has 0 saturated carbocycles. The zero-order chi connectivity index (χ0) is 13.0. The summed E-state index contributed by atoms with van der Waals surface area (Å²) in [6.07, 6.45) is 0.622. The molecule has 0 spiro atoms. The Kier molecular flexibility index (Phi) is 3.94. The molecule has 0 aliphatic rings. The number of aryl methyl sites for hydroxylation is 1. The van der Waals surface area contributed by atoms with Crippen molar-refractivity contribution in [3.8, 4) is 0 Å². The molecule has 1 amide bonds. The number of alkyl halides is 1. The minimum atomic E-state index is -0.771. The maximum absolute atomic E-state index is 11.9. The van der Waals surface area contributed by atoms with Crippen molar-refractivity contribution in [3.63, 3.8) is 0 Å². The SMILES string of the molecule is CCc1nonc1NC(=O)C(Cl)c1ccccc1. The summed E-state index contributed by atoms with van der Waals surface area (Å²) in [5.41, 5.74) is 1.33. The Balaban J connectivity index is 2.09. The number of anilines is 1. The van der Waals surface area contributed by atoms with Crippen LogP contribution in [0.3, 0.4) is 0 Å². The molecule has 1 heterocycles. The third-order valence-corrected chi connectivity index (χ3v) is 2.91. The minimum Gasteiger partial charge on any atom is -0.305 e. The normalized spacial score (nSPS) is 12.1. The first-order valence-electron chi connectivity index (χ1n) is 5.53. The fourth-order valence-electron chi connectivity index (χ4n) is 1.49. The molecule has 0 saturated heterocycles. The highest BCUT2D eigenvalue weighted by Gasteiger charge is 2.20. The number of hydrogen-bond donors (Lipinski definition) is 1. The summed E-state index contributed by atoms with van der Waals surface area (Å²) < 4.78 is 4.57. The maximum Gasteiger partial charge on any atom is 0.248 e. The monoisotopic (exact) mass is 265 g/mol. The Hall–Kier alpha value is -1.88. The van der Waals surface area contributed by atoms with Gasteiger partial charge in [0.1, 0.15) is 11.1 Å². The van der Waals surface area contributed by atoms with Crippen molar-refractivity contribution in [1.29, 1.82) is 0 Å². The smallest absolute Gasteiger partial charge is 0.248 e. The van der Waals surface area contributed by atoms with Crippen molar-refractivity contribution in [2.45, 2.75) is 18.7 Å². The van der Waals surface area contributed by atoms with E-state index in [2.05, 4.69) is 20.3 Å². The number of nitrogens with one attached hydrogen (secondary N) is 1. The Morgan fingerprint density at radius 3 is 2.78 bits per heavy atom. The van der Waals surface area contributed by atoms with Gasteiger partial charge >= 0.3 is 0 Å². The second-order valence-electron chi connectivity index (χ2n) is 3.68. The third kappa shape index (κ3) is 2.68. The van der Waals surface area contributed by atoms with Crippen LogP contribution >= 0.6 is 11.6 Å². The largest absolute Gasteiger partial charge is 0.305 e. The van der Waals surface area contributed by atoms with Crippen LogP contribution in [-0.2, 0) is 11.2 Å². The highest BCUT2D eigenvalue weighted by Crippen LogP contribution is 2.22. The summed E-state index contributed by atoms with van der Waals surface area (Å²) in [5, 5.41) is 9.13. The van der Waals surface area contributed by atoms with Crippen molar-refractivity contribution < 1.29 is 9.42 Å². The van der Waals surface area contributed by atoms with Crippen molar-refractivity contribution in [1.82, 2.24) is 10.3 Å². The molecule has 0 fully saturated rings. The number of amides is 1. The van der Waals surface area contributed by atoms with E-state index in [4.69, 9.17) is 11.6 Å².